The number of fused-ring (bicyclic) bond motifs is 2. The Hall–Kier alpha value is -2.16. The fraction of sp³-hybridized carbons (Fsp3) is 0.586. The van der Waals surface area contributed by atoms with E-state index in [1.165, 1.54) is 25.7 Å². The van der Waals surface area contributed by atoms with Gasteiger partial charge in [-0.25, -0.2) is 0 Å². The fourth-order valence-corrected chi connectivity index (χ4v) is 5.00. The second-order valence-electron chi connectivity index (χ2n) is 10.9. The largest absolute Gasteiger partial charge is 0.508 e. The summed E-state index contributed by atoms with van der Waals surface area (Å²) in [6, 6.07) is 7.79. The van der Waals surface area contributed by atoms with Gasteiger partial charge < -0.3 is 14.9 Å². The SMILES string of the molecule is CCCCCC(C)(C)c1cc2c(cc1O)Cc1cc(O)c(C(C)(C)CCCCC)cc1O2. The third-order valence-electron chi connectivity index (χ3n) is 7.23. The predicted octanol–water partition coefficient (Wildman–Crippen LogP) is 8.51. The van der Waals surface area contributed by atoms with E-state index in [9.17, 15) is 10.2 Å². The first kappa shape index (κ1) is 24.5. The van der Waals surface area contributed by atoms with E-state index in [1.807, 2.05) is 24.3 Å². The molecule has 1 aliphatic heterocycles. The number of hydrogen-bond donors (Lipinski definition) is 2. The van der Waals surface area contributed by atoms with Crippen molar-refractivity contribution in [3.05, 3.63) is 46.5 Å². The van der Waals surface area contributed by atoms with Gasteiger partial charge in [0.15, 0.2) is 0 Å². The Labute approximate surface area is 194 Å². The van der Waals surface area contributed by atoms with E-state index in [-0.39, 0.29) is 10.8 Å². The summed E-state index contributed by atoms with van der Waals surface area (Å²) in [5.41, 5.74) is 3.62. The molecule has 0 saturated heterocycles. The van der Waals surface area contributed by atoms with Gasteiger partial charge >= 0.3 is 0 Å². The Balaban J connectivity index is 1.90. The highest BCUT2D eigenvalue weighted by Gasteiger charge is 2.30. The Morgan fingerprint density at radius 3 is 1.47 bits per heavy atom. The van der Waals surface area contributed by atoms with E-state index in [0.29, 0.717) is 17.9 Å². The van der Waals surface area contributed by atoms with E-state index in [1.54, 1.807) is 0 Å². The number of phenolic OH excluding ortho intramolecular Hbond substituents is 2. The van der Waals surface area contributed by atoms with Gasteiger partial charge in [-0.1, -0.05) is 80.1 Å². The van der Waals surface area contributed by atoms with Gasteiger partial charge in [0.1, 0.15) is 23.0 Å². The Bertz CT molecular complexity index is 864. The molecule has 0 spiro atoms. The summed E-state index contributed by atoms with van der Waals surface area (Å²) in [5.74, 6) is 2.34. The third-order valence-corrected chi connectivity index (χ3v) is 7.23. The van der Waals surface area contributed by atoms with Gasteiger partial charge in [-0.15, -0.1) is 0 Å². The summed E-state index contributed by atoms with van der Waals surface area (Å²) >= 11 is 0. The van der Waals surface area contributed by atoms with E-state index in [4.69, 9.17) is 4.74 Å². The van der Waals surface area contributed by atoms with Crippen LogP contribution in [0.3, 0.4) is 0 Å². The molecule has 2 aromatic rings. The van der Waals surface area contributed by atoms with Crippen LogP contribution in [0.15, 0.2) is 24.3 Å². The van der Waals surface area contributed by atoms with Crippen molar-refractivity contribution in [2.45, 2.75) is 110 Å². The van der Waals surface area contributed by atoms with Gasteiger partial charge in [-0.3, -0.25) is 0 Å². The van der Waals surface area contributed by atoms with Crippen molar-refractivity contribution in [1.29, 1.82) is 0 Å². The van der Waals surface area contributed by atoms with E-state index in [0.717, 1.165) is 59.4 Å². The van der Waals surface area contributed by atoms with Gasteiger partial charge in [0.25, 0.3) is 0 Å². The molecule has 3 nitrogen and oxygen atoms in total. The molecule has 2 N–H and O–H groups in total. The number of hydrogen-bond acceptors (Lipinski definition) is 3. The molecular formula is C29H42O3. The van der Waals surface area contributed by atoms with E-state index >= 15 is 0 Å². The molecule has 32 heavy (non-hydrogen) atoms. The number of aromatic hydroxyl groups is 2. The Kier molecular flexibility index (Phi) is 7.47. The predicted molar refractivity (Wildman–Crippen MR) is 133 cm³/mol. The summed E-state index contributed by atoms with van der Waals surface area (Å²) < 4.78 is 6.39. The highest BCUT2D eigenvalue weighted by atomic mass is 16.5. The monoisotopic (exact) mass is 438 g/mol. The molecular weight excluding hydrogens is 396 g/mol. The lowest BCUT2D eigenvalue weighted by Crippen LogP contribution is -2.19. The van der Waals surface area contributed by atoms with Gasteiger partial charge in [0.2, 0.25) is 0 Å². The van der Waals surface area contributed by atoms with Gasteiger partial charge in [0.05, 0.1) is 0 Å². The molecule has 176 valence electrons. The van der Waals surface area contributed by atoms with Gasteiger partial charge in [-0.2, -0.15) is 0 Å². The van der Waals surface area contributed by atoms with E-state index in [2.05, 4.69) is 41.5 Å². The van der Waals surface area contributed by atoms with Crippen LogP contribution in [0.5, 0.6) is 23.0 Å². The van der Waals surface area contributed by atoms with Crippen molar-refractivity contribution in [1.82, 2.24) is 0 Å². The summed E-state index contributed by atoms with van der Waals surface area (Å²) in [5, 5.41) is 21.6. The molecule has 0 fully saturated rings. The minimum absolute atomic E-state index is 0.112. The first-order valence-corrected chi connectivity index (χ1v) is 12.5. The first-order chi connectivity index (χ1) is 15.1. The van der Waals surface area contributed by atoms with Crippen molar-refractivity contribution in [3.63, 3.8) is 0 Å². The molecule has 1 heterocycles. The van der Waals surface area contributed by atoms with Crippen molar-refractivity contribution >= 4 is 0 Å². The van der Waals surface area contributed by atoms with Crippen LogP contribution in [0, 0.1) is 0 Å². The number of phenols is 2. The molecule has 0 aliphatic carbocycles. The standard InChI is InChI=1S/C29H42O3/c1-7-9-11-13-28(3,4)22-18-26-20(16-24(22)30)15-21-17-25(31)23(19-27(21)32-26)29(5,6)14-12-10-8-2/h16-19,30-31H,7-15H2,1-6H3. The molecule has 0 aromatic heterocycles. The maximum absolute atomic E-state index is 10.8. The Morgan fingerprint density at radius 1 is 0.688 bits per heavy atom. The summed E-state index contributed by atoms with van der Waals surface area (Å²) in [6.07, 6.45) is 9.82. The molecule has 0 bridgehead atoms. The zero-order chi connectivity index (χ0) is 23.5. The van der Waals surface area contributed by atoms with Crippen molar-refractivity contribution < 1.29 is 14.9 Å². The zero-order valence-corrected chi connectivity index (χ0v) is 21.0. The van der Waals surface area contributed by atoms with Crippen LogP contribution in [0.2, 0.25) is 0 Å². The molecule has 0 unspecified atom stereocenters. The quantitative estimate of drug-likeness (QED) is 0.312. The lowest BCUT2D eigenvalue weighted by Gasteiger charge is -2.31. The van der Waals surface area contributed by atoms with Crippen LogP contribution in [-0.2, 0) is 17.3 Å². The van der Waals surface area contributed by atoms with Crippen molar-refractivity contribution in [2.75, 3.05) is 0 Å². The lowest BCUT2D eigenvalue weighted by atomic mass is 9.77. The topological polar surface area (TPSA) is 49.7 Å². The maximum atomic E-state index is 10.8. The summed E-state index contributed by atoms with van der Waals surface area (Å²) in [6.45, 7) is 13.2. The summed E-state index contributed by atoms with van der Waals surface area (Å²) in [4.78, 5) is 0. The smallest absolute Gasteiger partial charge is 0.131 e. The average molecular weight is 439 g/mol. The minimum atomic E-state index is -0.112. The number of benzene rings is 2. The summed E-state index contributed by atoms with van der Waals surface area (Å²) in [7, 11) is 0. The molecule has 3 rings (SSSR count). The molecule has 0 amide bonds. The van der Waals surface area contributed by atoms with Gasteiger partial charge in [0, 0.05) is 28.7 Å². The van der Waals surface area contributed by atoms with Crippen LogP contribution >= 0.6 is 0 Å². The zero-order valence-electron chi connectivity index (χ0n) is 21.0. The maximum Gasteiger partial charge on any atom is 0.131 e. The molecule has 0 atom stereocenters. The number of ether oxygens (including phenoxy) is 1. The number of rotatable bonds is 10. The average Bonchev–Trinajstić information content (AvgIpc) is 2.71. The molecule has 0 saturated carbocycles. The van der Waals surface area contributed by atoms with Crippen LogP contribution in [0.4, 0.5) is 0 Å². The molecule has 1 aliphatic rings. The van der Waals surface area contributed by atoms with Crippen LogP contribution in [0.1, 0.15) is 115 Å². The first-order valence-electron chi connectivity index (χ1n) is 12.5. The van der Waals surface area contributed by atoms with Crippen LogP contribution in [-0.4, -0.2) is 10.2 Å². The highest BCUT2D eigenvalue weighted by Crippen LogP contribution is 2.47. The van der Waals surface area contributed by atoms with E-state index < -0.39 is 0 Å². The molecule has 3 heteroatoms. The normalized spacial score (nSPS) is 13.4. The van der Waals surface area contributed by atoms with Crippen LogP contribution < -0.4 is 4.74 Å². The number of unbranched alkanes of at least 4 members (excludes halogenated alkanes) is 4. The lowest BCUT2D eigenvalue weighted by molar-refractivity contribution is 0.393. The van der Waals surface area contributed by atoms with Crippen molar-refractivity contribution in [2.24, 2.45) is 0 Å². The second-order valence-corrected chi connectivity index (χ2v) is 10.9. The highest BCUT2D eigenvalue weighted by molar-refractivity contribution is 5.59. The van der Waals surface area contributed by atoms with Crippen LogP contribution in [0.25, 0.3) is 0 Å². The van der Waals surface area contributed by atoms with Crippen molar-refractivity contribution in [3.8, 4) is 23.0 Å². The second kappa shape index (κ2) is 9.77. The molecule has 0 radical (unpaired) electrons. The third kappa shape index (κ3) is 5.24. The fourth-order valence-electron chi connectivity index (χ4n) is 5.00. The molecule has 2 aromatic carbocycles. The minimum Gasteiger partial charge on any atom is -0.508 e. The van der Waals surface area contributed by atoms with Gasteiger partial charge in [-0.05, 0) is 47.9 Å². The Morgan fingerprint density at radius 2 is 1.09 bits per heavy atom.